The molecule has 0 aliphatic carbocycles. The Labute approximate surface area is 224 Å². The van der Waals surface area contributed by atoms with E-state index in [1.807, 2.05) is 19.1 Å². The van der Waals surface area contributed by atoms with Crippen LogP contribution >= 0.6 is 11.6 Å². The molecule has 0 radical (unpaired) electrons. The molecule has 5 aromatic rings. The molecule has 188 valence electrons. The number of aromatic nitrogens is 3. The highest BCUT2D eigenvalue weighted by Crippen LogP contribution is 2.42. The van der Waals surface area contributed by atoms with Crippen LogP contribution in [0.5, 0.6) is 5.75 Å². The summed E-state index contributed by atoms with van der Waals surface area (Å²) in [4.78, 5) is 12.3. The lowest BCUT2D eigenvalue weighted by molar-refractivity contribution is 0.416. The van der Waals surface area contributed by atoms with Gasteiger partial charge in [0.25, 0.3) is 10.0 Å². The lowest BCUT2D eigenvalue weighted by Gasteiger charge is -2.26. The van der Waals surface area contributed by atoms with Crippen LogP contribution in [-0.2, 0) is 10.0 Å². The Hall–Kier alpha value is -4.52. The van der Waals surface area contributed by atoms with Gasteiger partial charge in [-0.3, -0.25) is 4.98 Å². The van der Waals surface area contributed by atoms with Gasteiger partial charge in [0.2, 0.25) is 0 Å². The van der Waals surface area contributed by atoms with Crippen LogP contribution in [0.4, 0.5) is 11.5 Å². The molecule has 0 N–H and O–H groups in total. The minimum absolute atomic E-state index is 0.0323. The van der Waals surface area contributed by atoms with Crippen LogP contribution < -0.4 is 9.04 Å². The zero-order valence-corrected chi connectivity index (χ0v) is 21.9. The molecule has 0 aliphatic rings. The van der Waals surface area contributed by atoms with E-state index in [1.54, 1.807) is 42.7 Å². The van der Waals surface area contributed by atoms with Gasteiger partial charge in [-0.15, -0.1) is 0 Å². The van der Waals surface area contributed by atoms with Gasteiger partial charge in [0, 0.05) is 40.6 Å². The fourth-order valence-corrected chi connectivity index (χ4v) is 5.99. The predicted molar refractivity (Wildman–Crippen MR) is 146 cm³/mol. The van der Waals surface area contributed by atoms with Crippen molar-refractivity contribution in [2.45, 2.75) is 11.8 Å². The average molecular weight is 542 g/mol. The largest absolute Gasteiger partial charge is 0.495 e. The highest BCUT2D eigenvalue weighted by molar-refractivity contribution is 7.93. The molecule has 0 aliphatic heterocycles. The van der Waals surface area contributed by atoms with Gasteiger partial charge in [-0.2, -0.15) is 5.26 Å². The van der Waals surface area contributed by atoms with Gasteiger partial charge in [-0.1, -0.05) is 23.7 Å². The zero-order chi connectivity index (χ0) is 26.9. The molecule has 0 saturated heterocycles. The summed E-state index contributed by atoms with van der Waals surface area (Å²) >= 11 is 6.28. The second-order valence-electron chi connectivity index (χ2n) is 8.42. The van der Waals surface area contributed by atoms with E-state index in [9.17, 15) is 13.7 Å². The Bertz CT molecular complexity index is 1800. The fraction of sp³-hybridized carbons (Fsp3) is 0.0714. The van der Waals surface area contributed by atoms with E-state index in [0.29, 0.717) is 21.5 Å². The summed E-state index contributed by atoms with van der Waals surface area (Å²) in [7, 11) is -2.80. The number of methoxy groups -OCH3 is 1. The smallest absolute Gasteiger partial charge is 0.270 e. The van der Waals surface area contributed by atoms with E-state index in [2.05, 4.69) is 21.0 Å². The van der Waals surface area contributed by atoms with Crippen LogP contribution in [0.25, 0.3) is 21.9 Å². The Morgan fingerprint density at radius 1 is 0.974 bits per heavy atom. The average Bonchev–Trinajstić information content (AvgIpc) is 2.92. The summed E-state index contributed by atoms with van der Waals surface area (Å²) in [5.74, 6) is 0.312. The number of aryl methyl sites for hydroxylation is 1. The molecule has 10 heteroatoms. The molecule has 38 heavy (non-hydrogen) atoms. The molecular formula is C28H20ClN5O3S. The van der Waals surface area contributed by atoms with Crippen molar-refractivity contribution in [3.05, 3.63) is 102 Å². The summed E-state index contributed by atoms with van der Waals surface area (Å²) < 4.78 is 35.1. The minimum atomic E-state index is -4.24. The molecule has 3 aromatic carbocycles. The van der Waals surface area contributed by atoms with Gasteiger partial charge in [0.1, 0.15) is 17.8 Å². The number of nitriles is 1. The number of anilines is 2. The number of ether oxygens (including phenoxy) is 1. The van der Waals surface area contributed by atoms with Crippen molar-refractivity contribution in [3.8, 4) is 22.9 Å². The van der Waals surface area contributed by atoms with Gasteiger partial charge < -0.3 is 4.74 Å². The highest BCUT2D eigenvalue weighted by atomic mass is 35.5. The van der Waals surface area contributed by atoms with Crippen molar-refractivity contribution in [3.63, 3.8) is 0 Å². The Kier molecular flexibility index (Phi) is 6.68. The van der Waals surface area contributed by atoms with Gasteiger partial charge in [0.15, 0.2) is 5.82 Å². The monoisotopic (exact) mass is 541 g/mol. The molecule has 2 heterocycles. The number of hydrogen-bond donors (Lipinski definition) is 0. The summed E-state index contributed by atoms with van der Waals surface area (Å²) in [5.41, 5.74) is 2.53. The Balaban J connectivity index is 1.76. The number of nitrogens with zero attached hydrogens (tertiary/aromatic N) is 5. The first kappa shape index (κ1) is 25.1. The molecule has 0 unspecified atom stereocenters. The van der Waals surface area contributed by atoms with E-state index in [0.717, 1.165) is 15.3 Å². The van der Waals surface area contributed by atoms with E-state index < -0.39 is 10.0 Å². The molecule has 0 fully saturated rings. The maximum absolute atomic E-state index is 14.2. The van der Waals surface area contributed by atoms with Crippen LogP contribution in [0.2, 0.25) is 5.02 Å². The van der Waals surface area contributed by atoms with Crippen LogP contribution in [0.15, 0.2) is 90.5 Å². The van der Waals surface area contributed by atoms with E-state index in [4.69, 9.17) is 16.3 Å². The van der Waals surface area contributed by atoms with Crippen molar-refractivity contribution in [2.75, 3.05) is 11.4 Å². The fourth-order valence-electron chi connectivity index (χ4n) is 4.22. The maximum Gasteiger partial charge on any atom is 0.270 e. The third kappa shape index (κ3) is 4.63. The molecule has 2 aromatic heterocycles. The zero-order valence-electron chi connectivity index (χ0n) is 20.3. The van der Waals surface area contributed by atoms with Crippen molar-refractivity contribution >= 4 is 43.9 Å². The molecular weight excluding hydrogens is 522 g/mol. The molecule has 0 amide bonds. The maximum atomic E-state index is 14.2. The summed E-state index contributed by atoms with van der Waals surface area (Å²) in [6, 6.07) is 18.7. The van der Waals surface area contributed by atoms with Crippen molar-refractivity contribution < 1.29 is 13.2 Å². The minimum Gasteiger partial charge on any atom is -0.495 e. The van der Waals surface area contributed by atoms with Crippen molar-refractivity contribution in [1.29, 1.82) is 5.26 Å². The Morgan fingerprint density at radius 3 is 2.50 bits per heavy atom. The normalized spacial score (nSPS) is 11.2. The van der Waals surface area contributed by atoms with Gasteiger partial charge >= 0.3 is 0 Å². The van der Waals surface area contributed by atoms with E-state index in [1.165, 1.54) is 37.8 Å². The number of halogens is 1. The molecule has 0 saturated carbocycles. The lowest BCUT2D eigenvalue weighted by Crippen LogP contribution is -2.27. The predicted octanol–water partition coefficient (Wildman–Crippen LogP) is 6.06. The second kappa shape index (κ2) is 10.1. The first-order valence-electron chi connectivity index (χ1n) is 11.4. The van der Waals surface area contributed by atoms with Crippen LogP contribution in [0.1, 0.15) is 11.1 Å². The van der Waals surface area contributed by atoms with Crippen LogP contribution in [0, 0.1) is 18.3 Å². The van der Waals surface area contributed by atoms with E-state index in [-0.39, 0.29) is 27.7 Å². The summed E-state index contributed by atoms with van der Waals surface area (Å²) in [6.45, 7) is 1.90. The topological polar surface area (TPSA) is 109 Å². The number of benzene rings is 3. The number of sulfonamides is 1. The van der Waals surface area contributed by atoms with Crippen molar-refractivity contribution in [1.82, 2.24) is 15.0 Å². The third-order valence-electron chi connectivity index (χ3n) is 5.94. The molecule has 0 atom stereocenters. The molecule has 0 bridgehead atoms. The lowest BCUT2D eigenvalue weighted by atomic mass is 9.97. The number of pyridine rings is 1. The number of hydrogen-bond acceptors (Lipinski definition) is 7. The standard InChI is InChI=1S/C28H20ClN5O3S/c1-18-9-21(11-23(29)10-18)25-14-27(37-2)26(13-22(25)15-30)34(28-6-8-32-17-33-28)38(35,36)24-4-3-20-16-31-7-5-19(20)12-24/h3-14,16-17H,1-2H3. The summed E-state index contributed by atoms with van der Waals surface area (Å²) in [5, 5.41) is 12.1. The first-order valence-corrected chi connectivity index (χ1v) is 13.2. The third-order valence-corrected chi connectivity index (χ3v) is 7.87. The molecule has 5 rings (SSSR count). The molecule has 0 spiro atoms. The second-order valence-corrected chi connectivity index (χ2v) is 10.6. The van der Waals surface area contributed by atoms with Gasteiger partial charge in [-0.25, -0.2) is 22.7 Å². The summed E-state index contributed by atoms with van der Waals surface area (Å²) in [6.07, 6.45) is 5.95. The van der Waals surface area contributed by atoms with Crippen molar-refractivity contribution in [2.24, 2.45) is 0 Å². The number of rotatable bonds is 6. The molecule has 8 nitrogen and oxygen atoms in total. The van der Waals surface area contributed by atoms with Crippen LogP contribution in [0.3, 0.4) is 0 Å². The highest BCUT2D eigenvalue weighted by Gasteiger charge is 2.31. The Morgan fingerprint density at radius 2 is 1.79 bits per heavy atom. The first-order chi connectivity index (χ1) is 18.3. The van der Waals surface area contributed by atoms with Gasteiger partial charge in [0.05, 0.1) is 23.6 Å². The quantitative estimate of drug-likeness (QED) is 0.257. The van der Waals surface area contributed by atoms with Crippen LogP contribution in [-0.4, -0.2) is 30.5 Å². The van der Waals surface area contributed by atoms with E-state index >= 15 is 0 Å². The van der Waals surface area contributed by atoms with Gasteiger partial charge in [-0.05, 0) is 65.9 Å². The SMILES string of the molecule is COc1cc(-c2cc(C)cc(Cl)c2)c(C#N)cc1N(c1ccncn1)S(=O)(=O)c1ccc2cnccc2c1. The number of fused-ring (bicyclic) bond motifs is 1.